The summed E-state index contributed by atoms with van der Waals surface area (Å²) in [4.78, 5) is 12.2. The Morgan fingerprint density at radius 1 is 1.36 bits per heavy atom. The summed E-state index contributed by atoms with van der Waals surface area (Å²) >= 11 is 3.42. The largest absolute Gasteiger partial charge is 0.349 e. The van der Waals surface area contributed by atoms with E-state index in [1.165, 1.54) is 0 Å². The third-order valence-electron chi connectivity index (χ3n) is 3.90. The molecule has 0 aliphatic carbocycles. The first-order chi connectivity index (χ1) is 10.5. The van der Waals surface area contributed by atoms with Crippen molar-refractivity contribution in [2.75, 3.05) is 6.54 Å². The smallest absolute Gasteiger partial charge is 0.271 e. The highest BCUT2D eigenvalue weighted by molar-refractivity contribution is 9.10. The lowest BCUT2D eigenvalue weighted by atomic mass is 9.94. The van der Waals surface area contributed by atoms with Gasteiger partial charge in [0.2, 0.25) is 0 Å². The van der Waals surface area contributed by atoms with Gasteiger partial charge in [-0.3, -0.25) is 4.79 Å². The summed E-state index contributed by atoms with van der Waals surface area (Å²) in [6, 6.07) is 9.43. The molecule has 0 radical (unpaired) electrons. The zero-order valence-electron chi connectivity index (χ0n) is 12.8. The van der Waals surface area contributed by atoms with Crippen molar-refractivity contribution in [3.8, 4) is 5.69 Å². The molecule has 118 valence electrons. The van der Waals surface area contributed by atoms with E-state index in [0.29, 0.717) is 12.2 Å². The first-order valence-corrected chi connectivity index (χ1v) is 8.15. The van der Waals surface area contributed by atoms with Crippen LogP contribution in [0.4, 0.5) is 0 Å². The lowest BCUT2D eigenvalue weighted by Crippen LogP contribution is -2.49. The van der Waals surface area contributed by atoms with Crippen LogP contribution in [0.25, 0.3) is 5.69 Å². The summed E-state index contributed by atoms with van der Waals surface area (Å²) in [5.41, 5.74) is 7.11. The Bertz CT molecular complexity index is 649. The third kappa shape index (κ3) is 3.96. The second-order valence-electron chi connectivity index (χ2n) is 5.38. The summed E-state index contributed by atoms with van der Waals surface area (Å²) in [5, 5.41) is 7.19. The molecule has 0 saturated carbocycles. The van der Waals surface area contributed by atoms with Crippen LogP contribution in [0.5, 0.6) is 0 Å². The summed E-state index contributed by atoms with van der Waals surface area (Å²) in [6.45, 7) is 4.50. The zero-order chi connectivity index (χ0) is 16.2. The molecule has 0 unspecified atom stereocenters. The van der Waals surface area contributed by atoms with Crippen LogP contribution in [0, 0.1) is 0 Å². The minimum Gasteiger partial charge on any atom is -0.349 e. The summed E-state index contributed by atoms with van der Waals surface area (Å²) in [6.07, 6.45) is 3.40. The second kappa shape index (κ2) is 7.07. The SMILES string of the molecule is CCC(N)(CC)CNC(=O)c1ccn(-c2cccc(Br)c2)n1. The molecule has 0 bridgehead atoms. The van der Waals surface area contributed by atoms with Gasteiger partial charge in [0.15, 0.2) is 5.69 Å². The van der Waals surface area contributed by atoms with E-state index in [1.54, 1.807) is 16.9 Å². The van der Waals surface area contributed by atoms with Crippen molar-refractivity contribution in [3.63, 3.8) is 0 Å². The van der Waals surface area contributed by atoms with Gasteiger partial charge < -0.3 is 11.1 Å². The van der Waals surface area contributed by atoms with Crippen LogP contribution in [0.15, 0.2) is 41.0 Å². The van der Waals surface area contributed by atoms with Crippen molar-refractivity contribution in [1.29, 1.82) is 0 Å². The van der Waals surface area contributed by atoms with E-state index < -0.39 is 0 Å². The Morgan fingerprint density at radius 2 is 2.09 bits per heavy atom. The molecule has 2 aromatic rings. The number of hydrogen-bond donors (Lipinski definition) is 2. The Labute approximate surface area is 139 Å². The van der Waals surface area contributed by atoms with E-state index in [2.05, 4.69) is 26.3 Å². The average Bonchev–Trinajstić information content (AvgIpc) is 3.02. The maximum atomic E-state index is 12.2. The number of nitrogens with one attached hydrogen (secondary N) is 1. The molecule has 0 aliphatic rings. The van der Waals surface area contributed by atoms with Crippen molar-refractivity contribution in [3.05, 3.63) is 46.7 Å². The number of amides is 1. The average molecular weight is 365 g/mol. The van der Waals surface area contributed by atoms with E-state index in [1.807, 2.05) is 38.1 Å². The molecule has 6 heteroatoms. The van der Waals surface area contributed by atoms with Gasteiger partial charge in [0.25, 0.3) is 5.91 Å². The number of halogens is 1. The van der Waals surface area contributed by atoms with Gasteiger partial charge in [-0.05, 0) is 37.1 Å². The molecule has 2 rings (SSSR count). The van der Waals surface area contributed by atoms with E-state index in [-0.39, 0.29) is 11.4 Å². The number of carbonyl (C=O) groups excluding carboxylic acids is 1. The van der Waals surface area contributed by atoms with Crippen LogP contribution in [0.3, 0.4) is 0 Å². The molecule has 0 spiro atoms. The minimum atomic E-state index is -0.359. The number of rotatable bonds is 6. The van der Waals surface area contributed by atoms with Gasteiger partial charge in [0, 0.05) is 22.8 Å². The van der Waals surface area contributed by atoms with Crippen LogP contribution >= 0.6 is 15.9 Å². The van der Waals surface area contributed by atoms with Crippen LogP contribution in [-0.4, -0.2) is 27.8 Å². The van der Waals surface area contributed by atoms with Crippen molar-refractivity contribution in [1.82, 2.24) is 15.1 Å². The summed E-state index contributed by atoms with van der Waals surface area (Å²) < 4.78 is 2.64. The van der Waals surface area contributed by atoms with Crippen molar-refractivity contribution in [2.45, 2.75) is 32.2 Å². The standard InChI is InChI=1S/C16H21BrN4O/c1-3-16(18,4-2)11-19-15(22)14-8-9-21(20-14)13-7-5-6-12(17)10-13/h5-10H,3-4,11,18H2,1-2H3,(H,19,22). The van der Waals surface area contributed by atoms with Gasteiger partial charge in [-0.1, -0.05) is 35.8 Å². The van der Waals surface area contributed by atoms with Crippen LogP contribution in [0.2, 0.25) is 0 Å². The highest BCUT2D eigenvalue weighted by atomic mass is 79.9. The minimum absolute atomic E-state index is 0.203. The fourth-order valence-electron chi connectivity index (χ4n) is 2.05. The molecular formula is C16H21BrN4O. The number of hydrogen-bond acceptors (Lipinski definition) is 3. The quantitative estimate of drug-likeness (QED) is 0.827. The van der Waals surface area contributed by atoms with Crippen molar-refractivity contribution in [2.24, 2.45) is 5.73 Å². The van der Waals surface area contributed by atoms with Crippen LogP contribution in [0.1, 0.15) is 37.2 Å². The number of aromatic nitrogens is 2. The molecule has 0 atom stereocenters. The highest BCUT2D eigenvalue weighted by Gasteiger charge is 2.21. The molecule has 1 amide bonds. The van der Waals surface area contributed by atoms with Crippen molar-refractivity contribution >= 4 is 21.8 Å². The van der Waals surface area contributed by atoms with Gasteiger partial charge in [-0.2, -0.15) is 5.10 Å². The second-order valence-corrected chi connectivity index (χ2v) is 6.29. The third-order valence-corrected chi connectivity index (χ3v) is 4.40. The van der Waals surface area contributed by atoms with E-state index in [4.69, 9.17) is 5.73 Å². The van der Waals surface area contributed by atoms with E-state index in [0.717, 1.165) is 23.0 Å². The molecule has 0 fully saturated rings. The number of benzene rings is 1. The van der Waals surface area contributed by atoms with Gasteiger partial charge >= 0.3 is 0 Å². The molecule has 1 aromatic carbocycles. The summed E-state index contributed by atoms with van der Waals surface area (Å²) in [7, 11) is 0. The van der Waals surface area contributed by atoms with E-state index in [9.17, 15) is 4.79 Å². The van der Waals surface area contributed by atoms with Crippen LogP contribution < -0.4 is 11.1 Å². The lowest BCUT2D eigenvalue weighted by molar-refractivity contribution is 0.0936. The van der Waals surface area contributed by atoms with Gasteiger partial charge in [0.05, 0.1) is 5.69 Å². The Hall–Kier alpha value is -1.66. The maximum absolute atomic E-state index is 12.2. The predicted molar refractivity (Wildman–Crippen MR) is 91.1 cm³/mol. The van der Waals surface area contributed by atoms with Gasteiger partial charge in [-0.15, -0.1) is 0 Å². The normalized spacial score (nSPS) is 11.5. The maximum Gasteiger partial charge on any atom is 0.271 e. The van der Waals surface area contributed by atoms with Crippen molar-refractivity contribution < 1.29 is 4.79 Å². The lowest BCUT2D eigenvalue weighted by Gasteiger charge is -2.26. The fourth-order valence-corrected chi connectivity index (χ4v) is 2.44. The molecular weight excluding hydrogens is 344 g/mol. The molecule has 5 nitrogen and oxygen atoms in total. The molecule has 0 aliphatic heterocycles. The Balaban J connectivity index is 2.06. The number of carbonyl (C=O) groups is 1. The van der Waals surface area contributed by atoms with E-state index >= 15 is 0 Å². The molecule has 0 saturated heterocycles. The molecule has 1 heterocycles. The topological polar surface area (TPSA) is 72.9 Å². The Kier molecular flexibility index (Phi) is 5.37. The molecule has 22 heavy (non-hydrogen) atoms. The fraction of sp³-hybridized carbons (Fsp3) is 0.375. The zero-order valence-corrected chi connectivity index (χ0v) is 14.4. The van der Waals surface area contributed by atoms with Crippen LogP contribution in [-0.2, 0) is 0 Å². The first-order valence-electron chi connectivity index (χ1n) is 7.36. The van der Waals surface area contributed by atoms with Gasteiger partial charge in [0.1, 0.15) is 0 Å². The van der Waals surface area contributed by atoms with Gasteiger partial charge in [-0.25, -0.2) is 4.68 Å². The summed E-state index contributed by atoms with van der Waals surface area (Å²) in [5.74, 6) is -0.203. The monoisotopic (exact) mass is 364 g/mol. The predicted octanol–water partition coefficient (Wildman–Crippen LogP) is 2.88. The molecule has 1 aromatic heterocycles. The Morgan fingerprint density at radius 3 is 2.73 bits per heavy atom. The highest BCUT2D eigenvalue weighted by Crippen LogP contribution is 2.15. The first kappa shape index (κ1) is 16.7. The number of nitrogens with two attached hydrogens (primary N) is 1. The number of nitrogens with zero attached hydrogens (tertiary/aromatic N) is 2. The molecule has 3 N–H and O–H groups in total.